The lowest BCUT2D eigenvalue weighted by molar-refractivity contribution is -0.114. The van der Waals surface area contributed by atoms with Crippen LogP contribution < -0.4 is 5.32 Å². The second-order valence-electron chi connectivity index (χ2n) is 4.68. The predicted octanol–water partition coefficient (Wildman–Crippen LogP) is 3.65. The molecule has 3 rings (SSSR count). The number of hydrogen-bond donors (Lipinski definition) is 1. The molecular formula is C16H14N2O. The van der Waals surface area contributed by atoms with Gasteiger partial charge in [-0.05, 0) is 18.4 Å². The number of anilines is 1. The largest absolute Gasteiger partial charge is 0.326 e. The van der Waals surface area contributed by atoms with E-state index in [2.05, 4.69) is 28.5 Å². The van der Waals surface area contributed by atoms with Crippen molar-refractivity contribution in [3.8, 4) is 0 Å². The molecular weight excluding hydrogens is 236 g/mol. The van der Waals surface area contributed by atoms with Gasteiger partial charge >= 0.3 is 0 Å². The molecule has 0 radical (unpaired) electrons. The van der Waals surface area contributed by atoms with Gasteiger partial charge in [0, 0.05) is 23.4 Å². The number of nitrogens with zero attached hydrogens (tertiary/aromatic N) is 1. The van der Waals surface area contributed by atoms with Gasteiger partial charge in [0.1, 0.15) is 0 Å². The van der Waals surface area contributed by atoms with Crippen LogP contribution in [0.5, 0.6) is 0 Å². The molecule has 0 bridgehead atoms. The lowest BCUT2D eigenvalue weighted by atomic mass is 10.0. The number of carbonyl (C=O) groups excluding carboxylic acids is 1. The maximum atomic E-state index is 11.3. The molecule has 0 fully saturated rings. The second-order valence-corrected chi connectivity index (χ2v) is 4.68. The van der Waals surface area contributed by atoms with E-state index in [0.717, 1.165) is 33.1 Å². The highest BCUT2D eigenvalue weighted by Gasteiger charge is 2.08. The van der Waals surface area contributed by atoms with Gasteiger partial charge in [-0.25, -0.2) is 0 Å². The summed E-state index contributed by atoms with van der Waals surface area (Å²) in [7, 11) is 0. The highest BCUT2D eigenvalue weighted by atomic mass is 16.1. The maximum absolute atomic E-state index is 11.3. The summed E-state index contributed by atoms with van der Waals surface area (Å²) in [5, 5.41) is 6.11. The zero-order valence-corrected chi connectivity index (χ0v) is 10.9. The quantitative estimate of drug-likeness (QED) is 0.670. The van der Waals surface area contributed by atoms with Crippen LogP contribution in [0.4, 0.5) is 5.69 Å². The molecule has 3 nitrogen and oxygen atoms in total. The molecule has 3 heteroatoms. The van der Waals surface area contributed by atoms with Crippen LogP contribution in [0.25, 0.3) is 21.7 Å². The first-order valence-electron chi connectivity index (χ1n) is 6.22. The van der Waals surface area contributed by atoms with Crippen molar-refractivity contribution in [2.45, 2.75) is 13.8 Å². The molecule has 19 heavy (non-hydrogen) atoms. The summed E-state index contributed by atoms with van der Waals surface area (Å²) in [5.41, 5.74) is 2.65. The van der Waals surface area contributed by atoms with E-state index in [-0.39, 0.29) is 5.91 Å². The van der Waals surface area contributed by atoms with E-state index in [1.54, 1.807) is 0 Å². The highest BCUT2D eigenvalue weighted by Crippen LogP contribution is 2.29. The molecule has 0 atom stereocenters. The first kappa shape index (κ1) is 11.7. The molecule has 2 aromatic carbocycles. The van der Waals surface area contributed by atoms with E-state index >= 15 is 0 Å². The number of fused-ring (bicyclic) bond motifs is 3. The minimum absolute atomic E-state index is 0.0694. The van der Waals surface area contributed by atoms with E-state index < -0.39 is 0 Å². The summed E-state index contributed by atoms with van der Waals surface area (Å²) in [6.07, 6.45) is 0. The van der Waals surface area contributed by atoms with Crippen LogP contribution in [0.1, 0.15) is 12.6 Å². The first-order chi connectivity index (χ1) is 9.15. The van der Waals surface area contributed by atoms with Crippen LogP contribution in [0.2, 0.25) is 0 Å². The van der Waals surface area contributed by atoms with Crippen LogP contribution in [0, 0.1) is 6.92 Å². The van der Waals surface area contributed by atoms with Crippen LogP contribution >= 0.6 is 0 Å². The number of carbonyl (C=O) groups is 1. The Labute approximate surface area is 111 Å². The Morgan fingerprint density at radius 1 is 1.11 bits per heavy atom. The zero-order valence-electron chi connectivity index (χ0n) is 10.9. The SMILES string of the molecule is CC(=O)Nc1cc(C)nc2c1ccc1ccccc12. The molecule has 0 aliphatic rings. The van der Waals surface area contributed by atoms with Crippen molar-refractivity contribution in [2.24, 2.45) is 0 Å². The number of hydrogen-bond acceptors (Lipinski definition) is 2. The van der Waals surface area contributed by atoms with Gasteiger partial charge in [-0.3, -0.25) is 9.78 Å². The van der Waals surface area contributed by atoms with Crippen molar-refractivity contribution in [3.63, 3.8) is 0 Å². The molecule has 0 unspecified atom stereocenters. The molecule has 3 aromatic rings. The molecule has 1 aromatic heterocycles. The molecule has 0 spiro atoms. The number of nitrogens with one attached hydrogen (secondary N) is 1. The van der Waals surface area contributed by atoms with Crippen LogP contribution in [0.15, 0.2) is 42.5 Å². The summed E-state index contributed by atoms with van der Waals surface area (Å²) in [5.74, 6) is -0.0694. The highest BCUT2D eigenvalue weighted by molar-refractivity contribution is 6.11. The lowest BCUT2D eigenvalue weighted by Gasteiger charge is -2.10. The van der Waals surface area contributed by atoms with Crippen molar-refractivity contribution < 1.29 is 4.79 Å². The number of amides is 1. The Balaban J connectivity index is 2.40. The fourth-order valence-electron chi connectivity index (χ4n) is 2.38. The van der Waals surface area contributed by atoms with Gasteiger partial charge in [-0.15, -0.1) is 0 Å². The molecule has 1 amide bonds. The summed E-state index contributed by atoms with van der Waals surface area (Å²) >= 11 is 0. The lowest BCUT2D eigenvalue weighted by Crippen LogP contribution is -2.07. The average molecular weight is 250 g/mol. The first-order valence-corrected chi connectivity index (χ1v) is 6.22. The zero-order chi connectivity index (χ0) is 13.4. The van der Waals surface area contributed by atoms with Crippen LogP contribution in [-0.4, -0.2) is 10.9 Å². The monoisotopic (exact) mass is 250 g/mol. The van der Waals surface area contributed by atoms with Gasteiger partial charge in [0.2, 0.25) is 5.91 Å². The smallest absolute Gasteiger partial charge is 0.221 e. The summed E-state index contributed by atoms with van der Waals surface area (Å²) < 4.78 is 0. The van der Waals surface area contributed by atoms with Gasteiger partial charge < -0.3 is 5.32 Å². The third kappa shape index (κ3) is 2.03. The molecule has 94 valence electrons. The number of benzene rings is 2. The standard InChI is InChI=1S/C16H14N2O/c1-10-9-15(18-11(2)19)14-8-7-12-5-3-4-6-13(12)16(14)17-10/h3-9H,1-2H3,(H,17,18,19). The van der Waals surface area contributed by atoms with E-state index in [0.29, 0.717) is 0 Å². The topological polar surface area (TPSA) is 42.0 Å². The maximum Gasteiger partial charge on any atom is 0.221 e. The van der Waals surface area contributed by atoms with Crippen molar-refractivity contribution >= 4 is 33.3 Å². The van der Waals surface area contributed by atoms with E-state index in [1.807, 2.05) is 31.2 Å². The summed E-state index contributed by atoms with van der Waals surface area (Å²) in [6, 6.07) is 14.1. The van der Waals surface area contributed by atoms with E-state index in [1.165, 1.54) is 6.92 Å². The van der Waals surface area contributed by atoms with Gasteiger partial charge in [0.25, 0.3) is 0 Å². The average Bonchev–Trinajstić information content (AvgIpc) is 2.37. The normalized spacial score (nSPS) is 10.8. The van der Waals surface area contributed by atoms with Crippen molar-refractivity contribution in [2.75, 3.05) is 5.32 Å². The van der Waals surface area contributed by atoms with Gasteiger partial charge in [0.05, 0.1) is 11.2 Å². The van der Waals surface area contributed by atoms with Gasteiger partial charge in [-0.2, -0.15) is 0 Å². The predicted molar refractivity (Wildman–Crippen MR) is 78.3 cm³/mol. The Hall–Kier alpha value is -2.42. The molecule has 0 aliphatic carbocycles. The molecule has 1 N–H and O–H groups in total. The number of pyridine rings is 1. The number of aryl methyl sites for hydroxylation is 1. The third-order valence-corrected chi connectivity index (χ3v) is 3.14. The van der Waals surface area contributed by atoms with Crippen LogP contribution in [-0.2, 0) is 4.79 Å². The Kier molecular flexibility index (Phi) is 2.67. The van der Waals surface area contributed by atoms with Crippen molar-refractivity contribution in [3.05, 3.63) is 48.2 Å². The Morgan fingerprint density at radius 2 is 1.89 bits per heavy atom. The molecule has 0 saturated carbocycles. The van der Waals surface area contributed by atoms with Gasteiger partial charge in [0.15, 0.2) is 0 Å². The summed E-state index contributed by atoms with van der Waals surface area (Å²) in [4.78, 5) is 15.9. The number of rotatable bonds is 1. The molecule has 1 heterocycles. The Morgan fingerprint density at radius 3 is 2.68 bits per heavy atom. The number of aromatic nitrogens is 1. The minimum Gasteiger partial charge on any atom is -0.326 e. The third-order valence-electron chi connectivity index (χ3n) is 3.14. The molecule has 0 aliphatic heterocycles. The van der Waals surface area contributed by atoms with Crippen molar-refractivity contribution in [1.29, 1.82) is 0 Å². The van der Waals surface area contributed by atoms with Crippen LogP contribution in [0.3, 0.4) is 0 Å². The van der Waals surface area contributed by atoms with E-state index in [9.17, 15) is 4.79 Å². The second kappa shape index (κ2) is 4.35. The van der Waals surface area contributed by atoms with Crippen molar-refractivity contribution in [1.82, 2.24) is 4.98 Å². The fourth-order valence-corrected chi connectivity index (χ4v) is 2.38. The minimum atomic E-state index is -0.0694. The molecule has 0 saturated heterocycles. The Bertz CT molecular complexity index is 793. The fraction of sp³-hybridized carbons (Fsp3) is 0.125. The summed E-state index contributed by atoms with van der Waals surface area (Å²) in [6.45, 7) is 3.45. The van der Waals surface area contributed by atoms with Gasteiger partial charge in [-0.1, -0.05) is 36.4 Å². The van der Waals surface area contributed by atoms with E-state index in [4.69, 9.17) is 0 Å².